The number of carbonyl (C=O) groups excluding carboxylic acids is 1. The minimum atomic E-state index is 0.227. The topological polar surface area (TPSA) is 39.4 Å². The van der Waals surface area contributed by atoms with E-state index in [9.17, 15) is 4.79 Å². The lowest BCUT2D eigenvalue weighted by atomic mass is 10.3. The average molecular weight is 182 g/mol. The van der Waals surface area contributed by atoms with E-state index in [0.717, 1.165) is 6.42 Å². The van der Waals surface area contributed by atoms with E-state index >= 15 is 0 Å². The van der Waals surface area contributed by atoms with Crippen molar-refractivity contribution in [3.8, 4) is 0 Å². The SMILES string of the molecule is CCC(C)OCc1ccc(C=O)o1. The Bertz CT molecular complexity index is 265. The summed E-state index contributed by atoms with van der Waals surface area (Å²) in [5.74, 6) is 1.05. The van der Waals surface area contributed by atoms with Gasteiger partial charge in [-0.25, -0.2) is 0 Å². The number of aldehydes is 1. The fourth-order valence-electron chi connectivity index (χ4n) is 0.878. The quantitative estimate of drug-likeness (QED) is 0.656. The summed E-state index contributed by atoms with van der Waals surface area (Å²) in [4.78, 5) is 10.3. The van der Waals surface area contributed by atoms with Crippen molar-refractivity contribution in [1.82, 2.24) is 0 Å². The van der Waals surface area contributed by atoms with Gasteiger partial charge in [0.2, 0.25) is 0 Å². The minimum absolute atomic E-state index is 0.227. The van der Waals surface area contributed by atoms with Crippen molar-refractivity contribution >= 4 is 6.29 Å². The lowest BCUT2D eigenvalue weighted by Gasteiger charge is -2.07. The highest BCUT2D eigenvalue weighted by molar-refractivity contribution is 5.70. The van der Waals surface area contributed by atoms with E-state index in [-0.39, 0.29) is 6.10 Å². The zero-order valence-electron chi connectivity index (χ0n) is 7.95. The van der Waals surface area contributed by atoms with Crippen LogP contribution in [0, 0.1) is 0 Å². The van der Waals surface area contributed by atoms with Crippen molar-refractivity contribution in [2.75, 3.05) is 0 Å². The molecule has 0 aromatic carbocycles. The number of rotatable bonds is 5. The zero-order chi connectivity index (χ0) is 9.68. The van der Waals surface area contributed by atoms with Crippen LogP contribution in [0.2, 0.25) is 0 Å². The van der Waals surface area contributed by atoms with E-state index < -0.39 is 0 Å². The molecule has 13 heavy (non-hydrogen) atoms. The zero-order valence-corrected chi connectivity index (χ0v) is 7.95. The van der Waals surface area contributed by atoms with Crippen molar-refractivity contribution in [2.45, 2.75) is 33.0 Å². The number of carbonyl (C=O) groups is 1. The van der Waals surface area contributed by atoms with Gasteiger partial charge in [-0.3, -0.25) is 4.79 Å². The maximum absolute atomic E-state index is 10.3. The molecule has 0 radical (unpaired) electrons. The monoisotopic (exact) mass is 182 g/mol. The van der Waals surface area contributed by atoms with Gasteiger partial charge in [-0.1, -0.05) is 6.92 Å². The van der Waals surface area contributed by atoms with E-state index in [1.54, 1.807) is 12.1 Å². The molecule has 0 aliphatic rings. The molecule has 0 spiro atoms. The molecule has 0 fully saturated rings. The van der Waals surface area contributed by atoms with Gasteiger partial charge in [-0.15, -0.1) is 0 Å². The molecule has 1 atom stereocenters. The van der Waals surface area contributed by atoms with E-state index in [4.69, 9.17) is 9.15 Å². The van der Waals surface area contributed by atoms with Crippen LogP contribution in [-0.4, -0.2) is 12.4 Å². The Labute approximate surface area is 77.7 Å². The first-order valence-corrected chi connectivity index (χ1v) is 4.41. The summed E-state index contributed by atoms with van der Waals surface area (Å²) in [7, 11) is 0. The van der Waals surface area contributed by atoms with Crippen LogP contribution in [0.4, 0.5) is 0 Å². The van der Waals surface area contributed by atoms with E-state index in [1.165, 1.54) is 0 Å². The molecular formula is C10H14O3. The van der Waals surface area contributed by atoms with Gasteiger partial charge in [0.05, 0.1) is 6.10 Å². The van der Waals surface area contributed by atoms with Crippen LogP contribution >= 0.6 is 0 Å². The number of ether oxygens (including phenoxy) is 1. The van der Waals surface area contributed by atoms with Crippen molar-refractivity contribution in [1.29, 1.82) is 0 Å². The molecule has 1 unspecified atom stereocenters. The van der Waals surface area contributed by atoms with Crippen LogP contribution in [0.15, 0.2) is 16.5 Å². The fourth-order valence-corrected chi connectivity index (χ4v) is 0.878. The third-order valence-corrected chi connectivity index (χ3v) is 1.88. The summed E-state index contributed by atoms with van der Waals surface area (Å²) in [5.41, 5.74) is 0. The highest BCUT2D eigenvalue weighted by atomic mass is 16.5. The summed E-state index contributed by atoms with van der Waals surface area (Å²) in [6.45, 7) is 4.50. The first-order valence-electron chi connectivity index (χ1n) is 4.41. The molecule has 0 saturated heterocycles. The molecule has 0 N–H and O–H groups in total. The summed E-state index contributed by atoms with van der Waals surface area (Å²) >= 11 is 0. The molecule has 0 amide bonds. The minimum Gasteiger partial charge on any atom is -0.456 e. The molecule has 1 rings (SSSR count). The summed E-state index contributed by atoms with van der Waals surface area (Å²) in [6.07, 6.45) is 1.89. The molecule has 1 aromatic heterocycles. The Morgan fingerprint density at radius 1 is 1.62 bits per heavy atom. The number of furan rings is 1. The summed E-state index contributed by atoms with van der Waals surface area (Å²) in [6, 6.07) is 3.40. The standard InChI is InChI=1S/C10H14O3/c1-3-8(2)12-7-10-5-4-9(6-11)13-10/h4-6,8H,3,7H2,1-2H3. The predicted molar refractivity (Wildman–Crippen MR) is 48.6 cm³/mol. The summed E-state index contributed by atoms with van der Waals surface area (Å²) in [5, 5.41) is 0. The largest absolute Gasteiger partial charge is 0.456 e. The van der Waals surface area contributed by atoms with Gasteiger partial charge < -0.3 is 9.15 Å². The van der Waals surface area contributed by atoms with Crippen LogP contribution in [0.25, 0.3) is 0 Å². The van der Waals surface area contributed by atoms with Gasteiger partial charge in [-0.05, 0) is 25.5 Å². The second kappa shape index (κ2) is 4.82. The normalized spacial score (nSPS) is 12.8. The Morgan fingerprint density at radius 3 is 2.92 bits per heavy atom. The van der Waals surface area contributed by atoms with Gasteiger partial charge in [0.15, 0.2) is 12.0 Å². The van der Waals surface area contributed by atoms with Gasteiger partial charge in [-0.2, -0.15) is 0 Å². The molecule has 1 heterocycles. The molecule has 0 aliphatic heterocycles. The van der Waals surface area contributed by atoms with E-state index in [2.05, 4.69) is 6.92 Å². The maximum Gasteiger partial charge on any atom is 0.185 e. The van der Waals surface area contributed by atoms with Crippen molar-refractivity contribution in [2.24, 2.45) is 0 Å². The lowest BCUT2D eigenvalue weighted by molar-refractivity contribution is 0.0402. The van der Waals surface area contributed by atoms with Gasteiger partial charge >= 0.3 is 0 Å². The number of hydrogen-bond donors (Lipinski definition) is 0. The van der Waals surface area contributed by atoms with Gasteiger partial charge in [0.1, 0.15) is 12.4 Å². The van der Waals surface area contributed by atoms with E-state index in [0.29, 0.717) is 24.4 Å². The summed E-state index contributed by atoms with van der Waals surface area (Å²) < 4.78 is 10.6. The molecule has 3 heteroatoms. The Balaban J connectivity index is 2.40. The molecule has 3 nitrogen and oxygen atoms in total. The highest BCUT2D eigenvalue weighted by Crippen LogP contribution is 2.09. The second-order valence-electron chi connectivity index (χ2n) is 2.95. The average Bonchev–Trinajstić information content (AvgIpc) is 2.61. The fraction of sp³-hybridized carbons (Fsp3) is 0.500. The molecule has 0 saturated carbocycles. The Kier molecular flexibility index (Phi) is 3.71. The second-order valence-corrected chi connectivity index (χ2v) is 2.95. The smallest absolute Gasteiger partial charge is 0.185 e. The van der Waals surface area contributed by atoms with Crippen LogP contribution in [-0.2, 0) is 11.3 Å². The Morgan fingerprint density at radius 2 is 2.38 bits per heavy atom. The highest BCUT2D eigenvalue weighted by Gasteiger charge is 2.03. The molecular weight excluding hydrogens is 168 g/mol. The van der Waals surface area contributed by atoms with Crippen molar-refractivity contribution in [3.05, 3.63) is 23.7 Å². The first kappa shape index (κ1) is 9.99. The van der Waals surface area contributed by atoms with Crippen LogP contribution in [0.1, 0.15) is 36.6 Å². The van der Waals surface area contributed by atoms with Crippen LogP contribution in [0.5, 0.6) is 0 Å². The lowest BCUT2D eigenvalue weighted by Crippen LogP contribution is -2.05. The van der Waals surface area contributed by atoms with Crippen molar-refractivity contribution < 1.29 is 13.9 Å². The third-order valence-electron chi connectivity index (χ3n) is 1.88. The molecule has 1 aromatic rings. The van der Waals surface area contributed by atoms with Crippen LogP contribution in [0.3, 0.4) is 0 Å². The Hall–Kier alpha value is -1.09. The molecule has 0 aliphatic carbocycles. The molecule has 0 bridgehead atoms. The maximum atomic E-state index is 10.3. The number of hydrogen-bond acceptors (Lipinski definition) is 3. The van der Waals surface area contributed by atoms with Gasteiger partial charge in [0, 0.05) is 0 Å². The molecule has 72 valence electrons. The van der Waals surface area contributed by atoms with Crippen molar-refractivity contribution in [3.63, 3.8) is 0 Å². The predicted octanol–water partition coefficient (Wildman–Crippen LogP) is 2.41. The first-order chi connectivity index (χ1) is 6.26. The van der Waals surface area contributed by atoms with Crippen LogP contribution < -0.4 is 0 Å². The third kappa shape index (κ3) is 3.03. The van der Waals surface area contributed by atoms with Gasteiger partial charge in [0.25, 0.3) is 0 Å². The van der Waals surface area contributed by atoms with E-state index in [1.807, 2.05) is 6.92 Å².